The molecule has 0 bridgehead atoms. The van der Waals surface area contributed by atoms with Crippen LogP contribution in [0.1, 0.15) is 11.4 Å². The van der Waals surface area contributed by atoms with Crippen LogP contribution in [0.3, 0.4) is 0 Å². The van der Waals surface area contributed by atoms with Gasteiger partial charge in [0.1, 0.15) is 0 Å². The molecular formula is C12H12BrN3. The van der Waals surface area contributed by atoms with Crippen molar-refractivity contribution in [2.45, 2.75) is 13.5 Å². The molecule has 0 aliphatic carbocycles. The zero-order valence-electron chi connectivity index (χ0n) is 8.94. The van der Waals surface area contributed by atoms with E-state index in [4.69, 9.17) is 5.73 Å². The fourth-order valence-electron chi connectivity index (χ4n) is 1.47. The normalized spacial score (nSPS) is 10.4. The van der Waals surface area contributed by atoms with Crippen LogP contribution >= 0.6 is 15.9 Å². The number of aryl methyl sites for hydroxylation is 1. The van der Waals surface area contributed by atoms with Crippen molar-refractivity contribution in [3.05, 3.63) is 46.3 Å². The van der Waals surface area contributed by atoms with Gasteiger partial charge in [-0.1, -0.05) is 28.1 Å². The summed E-state index contributed by atoms with van der Waals surface area (Å²) in [6.45, 7) is 2.33. The molecule has 0 unspecified atom stereocenters. The smallest absolute Gasteiger partial charge is 0.0889 e. The second-order valence-corrected chi connectivity index (χ2v) is 4.42. The lowest BCUT2D eigenvalue weighted by Crippen LogP contribution is -2.05. The van der Waals surface area contributed by atoms with Crippen molar-refractivity contribution in [2.24, 2.45) is 5.73 Å². The van der Waals surface area contributed by atoms with Crippen LogP contribution in [0.15, 0.2) is 34.9 Å². The minimum Gasteiger partial charge on any atom is -0.325 e. The average molecular weight is 278 g/mol. The van der Waals surface area contributed by atoms with E-state index in [1.165, 1.54) is 0 Å². The summed E-state index contributed by atoms with van der Waals surface area (Å²) in [5, 5.41) is 0. The zero-order valence-corrected chi connectivity index (χ0v) is 10.5. The molecule has 2 aromatic rings. The number of nitrogens with zero attached hydrogens (tertiary/aromatic N) is 2. The maximum absolute atomic E-state index is 5.62. The first-order valence-electron chi connectivity index (χ1n) is 4.99. The standard InChI is InChI=1S/C12H12BrN3/c1-8-11(6-14)16-12(7-15-8)9-3-2-4-10(13)5-9/h2-5,7H,6,14H2,1H3. The number of benzene rings is 1. The van der Waals surface area contributed by atoms with Crippen molar-refractivity contribution in [3.8, 4) is 11.3 Å². The Kier molecular flexibility index (Phi) is 3.31. The number of aromatic nitrogens is 2. The molecule has 82 valence electrons. The topological polar surface area (TPSA) is 51.8 Å². The Hall–Kier alpha value is -1.26. The lowest BCUT2D eigenvalue weighted by molar-refractivity contribution is 0.933. The second kappa shape index (κ2) is 4.72. The molecule has 0 atom stereocenters. The Morgan fingerprint density at radius 1 is 1.38 bits per heavy atom. The summed E-state index contributed by atoms with van der Waals surface area (Å²) < 4.78 is 1.03. The van der Waals surface area contributed by atoms with Gasteiger partial charge in [0.15, 0.2) is 0 Å². The molecule has 0 saturated heterocycles. The number of nitrogens with two attached hydrogens (primary N) is 1. The molecule has 4 heteroatoms. The number of rotatable bonds is 2. The van der Waals surface area contributed by atoms with Crippen LogP contribution in [0.25, 0.3) is 11.3 Å². The second-order valence-electron chi connectivity index (χ2n) is 3.50. The Bertz CT molecular complexity index is 511. The maximum atomic E-state index is 5.62. The highest BCUT2D eigenvalue weighted by atomic mass is 79.9. The highest BCUT2D eigenvalue weighted by Crippen LogP contribution is 2.21. The molecule has 0 radical (unpaired) electrons. The maximum Gasteiger partial charge on any atom is 0.0889 e. The largest absolute Gasteiger partial charge is 0.325 e. The van der Waals surface area contributed by atoms with E-state index in [0.717, 1.165) is 27.1 Å². The van der Waals surface area contributed by atoms with Crippen molar-refractivity contribution in [1.82, 2.24) is 9.97 Å². The van der Waals surface area contributed by atoms with Crippen molar-refractivity contribution in [1.29, 1.82) is 0 Å². The van der Waals surface area contributed by atoms with E-state index in [1.54, 1.807) is 6.20 Å². The highest BCUT2D eigenvalue weighted by Gasteiger charge is 2.04. The predicted octanol–water partition coefficient (Wildman–Crippen LogP) is 2.67. The van der Waals surface area contributed by atoms with E-state index in [0.29, 0.717) is 6.54 Å². The summed E-state index contributed by atoms with van der Waals surface area (Å²) >= 11 is 3.44. The molecule has 1 aromatic carbocycles. The lowest BCUT2D eigenvalue weighted by Gasteiger charge is -2.05. The van der Waals surface area contributed by atoms with Gasteiger partial charge in [0.2, 0.25) is 0 Å². The zero-order chi connectivity index (χ0) is 11.5. The van der Waals surface area contributed by atoms with Gasteiger partial charge in [0.25, 0.3) is 0 Å². The van der Waals surface area contributed by atoms with Gasteiger partial charge in [-0.3, -0.25) is 4.98 Å². The summed E-state index contributed by atoms with van der Waals surface area (Å²) in [5.74, 6) is 0. The molecule has 1 aromatic heterocycles. The predicted molar refractivity (Wildman–Crippen MR) is 67.8 cm³/mol. The molecule has 0 aliphatic heterocycles. The summed E-state index contributed by atoms with van der Waals surface area (Å²) in [6.07, 6.45) is 1.77. The molecule has 0 amide bonds. The van der Waals surface area contributed by atoms with E-state index >= 15 is 0 Å². The molecule has 0 saturated carbocycles. The monoisotopic (exact) mass is 277 g/mol. The molecule has 3 nitrogen and oxygen atoms in total. The van der Waals surface area contributed by atoms with Crippen LogP contribution in [0, 0.1) is 6.92 Å². The van der Waals surface area contributed by atoms with Crippen LogP contribution in [0.2, 0.25) is 0 Å². The van der Waals surface area contributed by atoms with Gasteiger partial charge in [0.05, 0.1) is 23.3 Å². The van der Waals surface area contributed by atoms with Crippen LogP contribution < -0.4 is 5.73 Å². The van der Waals surface area contributed by atoms with Crippen LogP contribution in [0.5, 0.6) is 0 Å². The van der Waals surface area contributed by atoms with E-state index in [1.807, 2.05) is 31.2 Å². The Morgan fingerprint density at radius 2 is 2.19 bits per heavy atom. The van der Waals surface area contributed by atoms with Gasteiger partial charge in [-0.2, -0.15) is 0 Å². The summed E-state index contributed by atoms with van der Waals surface area (Å²) in [7, 11) is 0. The van der Waals surface area contributed by atoms with Crippen molar-refractivity contribution in [2.75, 3.05) is 0 Å². The summed E-state index contributed by atoms with van der Waals surface area (Å²) in [5.41, 5.74) is 9.24. The molecular weight excluding hydrogens is 266 g/mol. The van der Waals surface area contributed by atoms with Crippen molar-refractivity contribution >= 4 is 15.9 Å². The summed E-state index contributed by atoms with van der Waals surface area (Å²) in [4.78, 5) is 8.79. The third-order valence-electron chi connectivity index (χ3n) is 2.37. The third-order valence-corrected chi connectivity index (χ3v) is 2.86. The molecule has 0 fully saturated rings. The van der Waals surface area contributed by atoms with Gasteiger partial charge in [-0.15, -0.1) is 0 Å². The van der Waals surface area contributed by atoms with Crippen molar-refractivity contribution in [3.63, 3.8) is 0 Å². The molecule has 2 N–H and O–H groups in total. The quantitative estimate of drug-likeness (QED) is 0.918. The van der Waals surface area contributed by atoms with Crippen LogP contribution in [0.4, 0.5) is 0 Å². The van der Waals surface area contributed by atoms with Gasteiger partial charge in [0, 0.05) is 16.6 Å². The Balaban J connectivity index is 2.48. The van der Waals surface area contributed by atoms with Gasteiger partial charge >= 0.3 is 0 Å². The molecule has 0 aliphatic rings. The first kappa shape index (κ1) is 11.2. The molecule has 2 rings (SSSR count). The van der Waals surface area contributed by atoms with E-state index in [2.05, 4.69) is 25.9 Å². The number of halogens is 1. The van der Waals surface area contributed by atoms with Crippen LogP contribution in [-0.2, 0) is 6.54 Å². The fourth-order valence-corrected chi connectivity index (χ4v) is 1.87. The molecule has 16 heavy (non-hydrogen) atoms. The van der Waals surface area contributed by atoms with E-state index in [9.17, 15) is 0 Å². The number of hydrogen-bond acceptors (Lipinski definition) is 3. The average Bonchev–Trinajstić information content (AvgIpc) is 2.29. The highest BCUT2D eigenvalue weighted by molar-refractivity contribution is 9.10. The lowest BCUT2D eigenvalue weighted by atomic mass is 10.1. The van der Waals surface area contributed by atoms with E-state index in [-0.39, 0.29) is 0 Å². The minimum atomic E-state index is 0.417. The Morgan fingerprint density at radius 3 is 2.88 bits per heavy atom. The SMILES string of the molecule is Cc1ncc(-c2cccc(Br)c2)nc1CN. The third kappa shape index (κ3) is 2.28. The van der Waals surface area contributed by atoms with Gasteiger partial charge in [-0.05, 0) is 19.1 Å². The fraction of sp³-hybridized carbons (Fsp3) is 0.167. The molecule has 0 spiro atoms. The number of hydrogen-bond donors (Lipinski definition) is 1. The first-order valence-corrected chi connectivity index (χ1v) is 5.78. The Labute approximate surface area is 103 Å². The molecule has 1 heterocycles. The first-order chi connectivity index (χ1) is 7.70. The minimum absolute atomic E-state index is 0.417. The van der Waals surface area contributed by atoms with Gasteiger partial charge in [-0.25, -0.2) is 4.98 Å². The van der Waals surface area contributed by atoms with Gasteiger partial charge < -0.3 is 5.73 Å². The van der Waals surface area contributed by atoms with E-state index < -0.39 is 0 Å². The van der Waals surface area contributed by atoms with Crippen LogP contribution in [-0.4, -0.2) is 9.97 Å². The van der Waals surface area contributed by atoms with Crippen molar-refractivity contribution < 1.29 is 0 Å². The summed E-state index contributed by atoms with van der Waals surface area (Å²) in [6, 6.07) is 7.97.